The zero-order valence-electron chi connectivity index (χ0n) is 43.8. The molecule has 2 saturated heterocycles. The highest BCUT2D eigenvalue weighted by molar-refractivity contribution is 7.98. The van der Waals surface area contributed by atoms with Gasteiger partial charge in [0.25, 0.3) is 0 Å². The number of benzene rings is 1. The lowest BCUT2D eigenvalue weighted by atomic mass is 9.98. The number of phenols is 1. The molecule has 428 valence electrons. The molecule has 2 heterocycles. The van der Waals surface area contributed by atoms with Gasteiger partial charge in [0.2, 0.25) is 65.0 Å². The van der Waals surface area contributed by atoms with Crippen LogP contribution in [0.2, 0.25) is 0 Å². The molecule has 27 nitrogen and oxygen atoms in total. The molecule has 11 amide bonds. The highest BCUT2D eigenvalue weighted by Crippen LogP contribution is 2.23. The van der Waals surface area contributed by atoms with Crippen molar-refractivity contribution >= 4 is 95.3 Å². The van der Waals surface area contributed by atoms with E-state index in [0.29, 0.717) is 37.0 Å². The Balaban J connectivity index is 1.67. The number of phenolic OH excluding ortho intramolecular Hbond substituents is 1. The molecule has 0 unspecified atom stereocenters. The molecule has 3 rings (SSSR count). The summed E-state index contributed by atoms with van der Waals surface area (Å²) in [6.45, 7) is 3.68. The van der Waals surface area contributed by atoms with E-state index in [2.05, 4.69) is 55.2 Å². The van der Waals surface area contributed by atoms with Gasteiger partial charge in [0, 0.05) is 25.3 Å². The molecule has 1 aromatic rings. The van der Waals surface area contributed by atoms with Gasteiger partial charge < -0.3 is 78.7 Å². The van der Waals surface area contributed by atoms with Gasteiger partial charge in [-0.05, 0) is 81.6 Å². The summed E-state index contributed by atoms with van der Waals surface area (Å²) in [5.41, 5.74) is 6.47. The highest BCUT2D eigenvalue weighted by atomic mass is 32.2. The number of likely N-dealkylation sites (tertiary alicyclic amines) is 2. The number of hydrogen-bond acceptors (Lipinski definition) is 17. The van der Waals surface area contributed by atoms with Crippen LogP contribution in [0.4, 0.5) is 0 Å². The second-order valence-electron chi connectivity index (χ2n) is 18.7. The Kier molecular flexibility index (Phi) is 26.9. The summed E-state index contributed by atoms with van der Waals surface area (Å²) >= 11 is 5.62. The number of rotatable bonds is 30. The number of nitrogens with two attached hydrogens (primary N) is 1. The minimum Gasteiger partial charge on any atom is -0.508 e. The van der Waals surface area contributed by atoms with Gasteiger partial charge in [-0.3, -0.25) is 57.5 Å². The molecule has 0 aromatic heterocycles. The van der Waals surface area contributed by atoms with E-state index in [1.54, 1.807) is 19.1 Å². The molecule has 0 bridgehead atoms. The minimum atomic E-state index is -1.52. The number of aliphatic hydroxyl groups excluding tert-OH is 1. The Morgan fingerprint density at radius 3 is 1.84 bits per heavy atom. The molecule has 2 aliphatic heterocycles. The predicted molar refractivity (Wildman–Crippen MR) is 282 cm³/mol. The number of nitrogens with zero attached hydrogens (tertiary/aromatic N) is 2. The molecule has 0 saturated carbocycles. The monoisotopic (exact) mass is 1120 g/mol. The third-order valence-corrected chi connectivity index (χ3v) is 13.9. The fourth-order valence-electron chi connectivity index (χ4n) is 8.18. The van der Waals surface area contributed by atoms with Crippen molar-refractivity contribution < 1.29 is 72.9 Å². The van der Waals surface area contributed by atoms with E-state index in [1.165, 1.54) is 47.5 Å². The van der Waals surface area contributed by atoms with Crippen LogP contribution in [0.15, 0.2) is 24.3 Å². The summed E-state index contributed by atoms with van der Waals surface area (Å²) in [6.07, 6.45) is 3.82. The van der Waals surface area contributed by atoms with Gasteiger partial charge in [-0.25, -0.2) is 0 Å². The maximum Gasteiger partial charge on any atom is 0.322 e. The Morgan fingerprint density at radius 1 is 0.688 bits per heavy atom. The summed E-state index contributed by atoms with van der Waals surface area (Å²) in [6, 6.07) is -4.65. The average Bonchev–Trinajstić information content (AvgIpc) is 4.12. The summed E-state index contributed by atoms with van der Waals surface area (Å²) in [4.78, 5) is 159. The van der Waals surface area contributed by atoms with Crippen molar-refractivity contribution in [1.82, 2.24) is 57.7 Å². The van der Waals surface area contributed by atoms with Crippen LogP contribution in [0.25, 0.3) is 0 Å². The van der Waals surface area contributed by atoms with Gasteiger partial charge in [0.05, 0.1) is 25.7 Å². The summed E-state index contributed by atoms with van der Waals surface area (Å²) in [5.74, 6) is -9.56. The summed E-state index contributed by atoms with van der Waals surface area (Å²) < 4.78 is 0. The second kappa shape index (κ2) is 32.1. The van der Waals surface area contributed by atoms with Gasteiger partial charge in [-0.1, -0.05) is 32.4 Å². The van der Waals surface area contributed by atoms with Crippen molar-refractivity contribution in [2.45, 2.75) is 127 Å². The Labute approximate surface area is 455 Å². The Hall–Kier alpha value is -6.72. The third kappa shape index (κ3) is 20.3. The molecule has 0 radical (unpaired) electrons. The van der Waals surface area contributed by atoms with E-state index >= 15 is 0 Å². The first kappa shape index (κ1) is 64.6. The fourth-order valence-corrected chi connectivity index (χ4v) is 8.92. The van der Waals surface area contributed by atoms with Crippen molar-refractivity contribution in [3.8, 4) is 5.75 Å². The first-order valence-corrected chi connectivity index (χ1v) is 27.2. The number of hydrogen-bond donors (Lipinski definition) is 14. The molecular formula is C48H74N12O15S2. The van der Waals surface area contributed by atoms with Crippen LogP contribution in [0.5, 0.6) is 5.75 Å². The average molecular weight is 1120 g/mol. The molecule has 2 aliphatic rings. The molecule has 0 spiro atoms. The number of thioether (sulfide) groups is 1. The standard InChI is InChI=1S/C48H74N12O15S2/c1-6-25(2)39(58-41(68)27(4)53-42(69)30(49)15-18-77-5)47(74)51-21-37(64)59-16-7-9-34(59)46(73)56-31(19-28-11-13-29(62)14-12-28)48(75)60-17-8-10-35(60)45(72)54-26(3)40(67)57-33(24-76)44(71)50-20-36(63)55-32(23-61)43(70)52-22-38(65)66/h11-14,25-27,30-35,39,61-62,76H,6-10,15-24,49H2,1-5H3,(H,50,71)(H,51,74)(H,52,70)(H,53,69)(H,54,72)(H,55,63)(H,56,73)(H,57,67)(H,58,68)(H,65,66)/t25-,26-,27-,30-,31-,32-,33-,34-,35-,39-/m0/s1. The number of thiol groups is 1. The van der Waals surface area contributed by atoms with Crippen molar-refractivity contribution in [2.75, 3.05) is 57.1 Å². The summed E-state index contributed by atoms with van der Waals surface area (Å²) in [5, 5.41) is 50.1. The molecule has 0 aliphatic carbocycles. The van der Waals surface area contributed by atoms with Gasteiger partial charge in [0.1, 0.15) is 60.6 Å². The first-order valence-electron chi connectivity index (χ1n) is 25.2. The zero-order chi connectivity index (χ0) is 57.5. The van der Waals surface area contributed by atoms with Crippen molar-refractivity contribution in [2.24, 2.45) is 11.7 Å². The van der Waals surface area contributed by atoms with E-state index < -0.39 is 152 Å². The first-order chi connectivity index (χ1) is 36.5. The second-order valence-corrected chi connectivity index (χ2v) is 20.0. The van der Waals surface area contributed by atoms with Gasteiger partial charge in [0.15, 0.2) is 0 Å². The lowest BCUT2D eigenvalue weighted by Gasteiger charge is -2.31. The van der Waals surface area contributed by atoms with Crippen LogP contribution in [0.1, 0.15) is 71.8 Å². The lowest BCUT2D eigenvalue weighted by molar-refractivity contribution is -0.143. The number of amides is 11. The molecule has 29 heteroatoms. The van der Waals surface area contributed by atoms with E-state index in [1.807, 2.05) is 18.5 Å². The number of aromatic hydroxyl groups is 1. The van der Waals surface area contributed by atoms with E-state index in [9.17, 15) is 67.7 Å². The van der Waals surface area contributed by atoms with Crippen LogP contribution < -0.4 is 53.6 Å². The largest absolute Gasteiger partial charge is 0.508 e. The number of carboxylic acid groups (broad SMARTS) is 1. The maximum atomic E-state index is 14.5. The van der Waals surface area contributed by atoms with Crippen LogP contribution in [0.3, 0.4) is 0 Å². The van der Waals surface area contributed by atoms with Crippen molar-refractivity contribution in [1.29, 1.82) is 0 Å². The Bertz CT molecular complexity index is 2280. The molecular weight excluding hydrogens is 1050 g/mol. The fraction of sp³-hybridized carbons (Fsp3) is 0.625. The van der Waals surface area contributed by atoms with Crippen LogP contribution in [-0.2, 0) is 64.0 Å². The number of nitrogens with one attached hydrogen (secondary N) is 9. The molecule has 10 atom stereocenters. The van der Waals surface area contributed by atoms with E-state index in [0.717, 1.165) is 0 Å². The minimum absolute atomic E-state index is 0.0541. The lowest BCUT2D eigenvalue weighted by Crippen LogP contribution is -2.59. The van der Waals surface area contributed by atoms with Crippen LogP contribution in [-0.4, -0.2) is 208 Å². The van der Waals surface area contributed by atoms with E-state index in [-0.39, 0.29) is 49.8 Å². The zero-order valence-corrected chi connectivity index (χ0v) is 45.5. The third-order valence-electron chi connectivity index (χ3n) is 12.9. The van der Waals surface area contributed by atoms with Gasteiger partial charge >= 0.3 is 5.97 Å². The maximum absolute atomic E-state index is 14.5. The predicted octanol–water partition coefficient (Wildman–Crippen LogP) is -4.65. The molecule has 14 N–H and O–H groups in total. The quantitative estimate of drug-likeness (QED) is 0.0322. The number of carbonyl (C=O) groups excluding carboxylic acids is 11. The van der Waals surface area contributed by atoms with Crippen LogP contribution in [0, 0.1) is 5.92 Å². The van der Waals surface area contributed by atoms with Gasteiger partial charge in [-0.15, -0.1) is 0 Å². The van der Waals surface area contributed by atoms with E-state index in [4.69, 9.17) is 10.8 Å². The Morgan fingerprint density at radius 2 is 1.25 bits per heavy atom. The van der Waals surface area contributed by atoms with Crippen molar-refractivity contribution in [3.63, 3.8) is 0 Å². The van der Waals surface area contributed by atoms with Gasteiger partial charge in [-0.2, -0.15) is 24.4 Å². The topological polar surface area (TPSA) is 406 Å². The normalized spacial score (nSPS) is 18.1. The molecule has 77 heavy (non-hydrogen) atoms. The van der Waals surface area contributed by atoms with Crippen LogP contribution >= 0.6 is 24.4 Å². The number of carboxylic acids is 1. The number of aliphatic carboxylic acids is 1. The molecule has 1 aromatic carbocycles. The summed E-state index contributed by atoms with van der Waals surface area (Å²) in [7, 11) is 0. The SMILES string of the molecule is CC[C@H](C)[C@H](NC(=O)[C@H](C)NC(=O)[C@@H](N)CCSC)C(=O)NCC(=O)N1CCC[C@H]1C(=O)N[C@@H](Cc1ccc(O)cc1)C(=O)N1CCC[C@H]1C(=O)N[C@@H](C)C(=O)N[C@@H](CS)C(=O)NCC(=O)N[C@@H](CO)C(=O)NCC(=O)O. The number of carbonyl (C=O) groups is 12. The smallest absolute Gasteiger partial charge is 0.322 e. The number of aliphatic hydroxyl groups is 1. The van der Waals surface area contributed by atoms with Crippen molar-refractivity contribution in [3.05, 3.63) is 29.8 Å². The highest BCUT2D eigenvalue weighted by Gasteiger charge is 2.41. The molecule has 2 fully saturated rings.